The first-order chi connectivity index (χ1) is 18.1. The number of pyridine rings is 1. The molecule has 0 aliphatic carbocycles. The van der Waals surface area contributed by atoms with Crippen LogP contribution in [0.5, 0.6) is 5.75 Å². The summed E-state index contributed by atoms with van der Waals surface area (Å²) in [7, 11) is 0. The van der Waals surface area contributed by atoms with Crippen molar-refractivity contribution in [2.75, 3.05) is 0 Å². The zero-order valence-corrected chi connectivity index (χ0v) is 20.6. The van der Waals surface area contributed by atoms with Gasteiger partial charge in [-0.15, -0.1) is 0 Å². The van der Waals surface area contributed by atoms with Gasteiger partial charge in [-0.3, -0.25) is 4.98 Å². The number of urea groups is 1. The highest BCUT2D eigenvalue weighted by Crippen LogP contribution is 2.37. The molecule has 3 rings (SSSR count). The van der Waals surface area contributed by atoms with Crippen LogP contribution in [-0.4, -0.2) is 35.8 Å². The summed E-state index contributed by atoms with van der Waals surface area (Å²) in [4.78, 5) is 17.0. The van der Waals surface area contributed by atoms with Gasteiger partial charge in [0.15, 0.2) is 0 Å². The van der Waals surface area contributed by atoms with Crippen LogP contribution in [-0.2, 0) is 12.0 Å². The summed E-state index contributed by atoms with van der Waals surface area (Å²) in [6.45, 7) is 0.680. The molecule has 0 bridgehead atoms. The normalized spacial score (nSPS) is 14.4. The standard InChI is InChI=1S/C25H20ClF8N3O2/c1-14(24(30,31)32)36-22(38)37-23(12-15-5-3-2-4-6-15,20-8-7-17(26)13-35-20)16-9-18(27)11-19(10-16)39-25(33,34)21(28)29/h2-11,13-14,21H,12H2,1H3,(H2,36,37,38). The van der Waals surface area contributed by atoms with Gasteiger partial charge in [0.1, 0.15) is 23.1 Å². The molecule has 0 fully saturated rings. The number of aromatic nitrogens is 1. The van der Waals surface area contributed by atoms with Gasteiger partial charge in [0.25, 0.3) is 0 Å². The van der Waals surface area contributed by atoms with E-state index < -0.39 is 47.9 Å². The molecule has 0 spiro atoms. The van der Waals surface area contributed by atoms with E-state index in [0.717, 1.165) is 18.3 Å². The van der Waals surface area contributed by atoms with E-state index in [-0.39, 0.29) is 22.7 Å². The summed E-state index contributed by atoms with van der Waals surface area (Å²) < 4.78 is 111. The molecule has 3 aromatic rings. The molecule has 39 heavy (non-hydrogen) atoms. The monoisotopic (exact) mass is 581 g/mol. The third-order valence-corrected chi connectivity index (χ3v) is 5.74. The van der Waals surface area contributed by atoms with Crippen LogP contribution >= 0.6 is 11.6 Å². The number of carbonyl (C=O) groups excluding carboxylic acids is 1. The molecule has 0 saturated heterocycles. The zero-order valence-electron chi connectivity index (χ0n) is 19.9. The SMILES string of the molecule is CC(NC(=O)NC(Cc1ccccc1)(c1cc(F)cc(OC(F)(F)C(F)F)c1)c1ccc(Cl)cn1)C(F)(F)F. The molecular formula is C25H20ClF8N3O2. The topological polar surface area (TPSA) is 63.2 Å². The van der Waals surface area contributed by atoms with Crippen molar-refractivity contribution in [3.8, 4) is 5.75 Å². The summed E-state index contributed by atoms with van der Waals surface area (Å²) in [5.41, 5.74) is -2.04. The fourth-order valence-corrected chi connectivity index (χ4v) is 3.74. The van der Waals surface area contributed by atoms with E-state index in [1.54, 1.807) is 35.6 Å². The number of alkyl halides is 7. The largest absolute Gasteiger partial charge is 0.461 e. The van der Waals surface area contributed by atoms with E-state index in [9.17, 15) is 39.9 Å². The molecule has 210 valence electrons. The van der Waals surface area contributed by atoms with Crippen LogP contribution in [0.2, 0.25) is 5.02 Å². The fourth-order valence-electron chi connectivity index (χ4n) is 3.63. The van der Waals surface area contributed by atoms with Crippen molar-refractivity contribution in [2.24, 2.45) is 0 Å². The van der Waals surface area contributed by atoms with E-state index in [2.05, 4.69) is 15.0 Å². The fraction of sp³-hybridized carbons (Fsp3) is 0.280. The molecule has 0 saturated carbocycles. The molecule has 2 unspecified atom stereocenters. The minimum Gasteiger partial charge on any atom is -0.428 e. The Balaban J connectivity index is 2.23. The van der Waals surface area contributed by atoms with Crippen LogP contribution < -0.4 is 15.4 Å². The van der Waals surface area contributed by atoms with Crippen molar-refractivity contribution in [3.05, 3.63) is 94.5 Å². The predicted molar refractivity (Wildman–Crippen MR) is 125 cm³/mol. The quantitative estimate of drug-likeness (QED) is 0.272. The second-order valence-corrected chi connectivity index (χ2v) is 8.87. The number of amides is 2. The third kappa shape index (κ3) is 7.49. The van der Waals surface area contributed by atoms with Crippen molar-refractivity contribution in [3.63, 3.8) is 0 Å². The maximum Gasteiger partial charge on any atom is 0.461 e. The lowest BCUT2D eigenvalue weighted by Gasteiger charge is -2.36. The van der Waals surface area contributed by atoms with E-state index in [0.29, 0.717) is 18.6 Å². The summed E-state index contributed by atoms with van der Waals surface area (Å²) >= 11 is 5.92. The maximum absolute atomic E-state index is 14.7. The molecule has 0 aliphatic rings. The lowest BCUT2D eigenvalue weighted by atomic mass is 9.80. The average Bonchev–Trinajstić information content (AvgIpc) is 2.83. The summed E-state index contributed by atoms with van der Waals surface area (Å²) in [6.07, 6.45) is -13.2. The smallest absolute Gasteiger partial charge is 0.428 e. The van der Waals surface area contributed by atoms with E-state index in [4.69, 9.17) is 11.6 Å². The van der Waals surface area contributed by atoms with Crippen molar-refractivity contribution in [1.82, 2.24) is 15.6 Å². The number of benzene rings is 2. The Kier molecular flexibility index (Phi) is 8.94. The Bertz CT molecular complexity index is 1280. The van der Waals surface area contributed by atoms with Crippen LogP contribution in [0.3, 0.4) is 0 Å². The zero-order chi connectivity index (χ0) is 29.0. The van der Waals surface area contributed by atoms with Crippen LogP contribution in [0, 0.1) is 5.82 Å². The number of nitrogens with zero attached hydrogens (tertiary/aromatic N) is 1. The highest BCUT2D eigenvalue weighted by atomic mass is 35.5. The molecule has 2 aromatic carbocycles. The number of halogens is 9. The molecule has 1 heterocycles. The van der Waals surface area contributed by atoms with Gasteiger partial charge in [-0.2, -0.15) is 30.7 Å². The van der Waals surface area contributed by atoms with Gasteiger partial charge in [0, 0.05) is 18.7 Å². The van der Waals surface area contributed by atoms with E-state index in [1.807, 2.05) is 0 Å². The molecule has 0 aliphatic heterocycles. The Labute approximate surface area is 222 Å². The van der Waals surface area contributed by atoms with Crippen molar-refractivity contribution in [2.45, 2.75) is 43.6 Å². The lowest BCUT2D eigenvalue weighted by Crippen LogP contribution is -2.56. The van der Waals surface area contributed by atoms with E-state index >= 15 is 0 Å². The van der Waals surface area contributed by atoms with Crippen LogP contribution in [0.1, 0.15) is 23.7 Å². The molecule has 5 nitrogen and oxygen atoms in total. The highest BCUT2D eigenvalue weighted by Gasteiger charge is 2.45. The second kappa shape index (κ2) is 11.6. The number of nitrogens with one attached hydrogen (secondary N) is 2. The van der Waals surface area contributed by atoms with Gasteiger partial charge in [0.2, 0.25) is 0 Å². The highest BCUT2D eigenvalue weighted by molar-refractivity contribution is 6.30. The second-order valence-electron chi connectivity index (χ2n) is 8.43. The molecule has 2 atom stereocenters. The van der Waals surface area contributed by atoms with Gasteiger partial charge < -0.3 is 15.4 Å². The van der Waals surface area contributed by atoms with Gasteiger partial charge in [0.05, 0.1) is 10.7 Å². The van der Waals surface area contributed by atoms with Gasteiger partial charge in [-0.05, 0) is 42.3 Å². The number of carbonyl (C=O) groups is 1. The average molecular weight is 582 g/mol. The number of hydrogen-bond donors (Lipinski definition) is 2. The summed E-state index contributed by atoms with van der Waals surface area (Å²) in [5, 5.41) is 4.21. The lowest BCUT2D eigenvalue weighted by molar-refractivity contribution is -0.253. The van der Waals surface area contributed by atoms with Crippen LogP contribution in [0.15, 0.2) is 66.9 Å². The first-order valence-electron chi connectivity index (χ1n) is 11.1. The van der Waals surface area contributed by atoms with Crippen molar-refractivity contribution < 1.29 is 44.7 Å². The van der Waals surface area contributed by atoms with Gasteiger partial charge >= 0.3 is 24.7 Å². The Morgan fingerprint density at radius 2 is 1.69 bits per heavy atom. The van der Waals surface area contributed by atoms with Crippen molar-refractivity contribution >= 4 is 17.6 Å². The van der Waals surface area contributed by atoms with Gasteiger partial charge in [-0.1, -0.05) is 41.9 Å². The number of ether oxygens (including phenoxy) is 1. The molecule has 1 aromatic heterocycles. The van der Waals surface area contributed by atoms with Crippen LogP contribution in [0.25, 0.3) is 0 Å². The van der Waals surface area contributed by atoms with E-state index in [1.165, 1.54) is 12.1 Å². The first kappa shape index (κ1) is 29.9. The Hall–Kier alpha value is -3.61. The molecule has 2 N–H and O–H groups in total. The Morgan fingerprint density at radius 3 is 2.26 bits per heavy atom. The Morgan fingerprint density at radius 1 is 1.03 bits per heavy atom. The van der Waals surface area contributed by atoms with Gasteiger partial charge in [-0.25, -0.2) is 9.18 Å². The molecule has 14 heteroatoms. The minimum absolute atomic E-state index is 0.0947. The van der Waals surface area contributed by atoms with Crippen molar-refractivity contribution in [1.29, 1.82) is 0 Å². The molecule has 0 radical (unpaired) electrons. The molecule has 2 amide bonds. The summed E-state index contributed by atoms with van der Waals surface area (Å²) in [5.74, 6) is -2.27. The maximum atomic E-state index is 14.7. The third-order valence-electron chi connectivity index (χ3n) is 5.51. The minimum atomic E-state index is -5.00. The molecular weight excluding hydrogens is 562 g/mol. The summed E-state index contributed by atoms with van der Waals surface area (Å²) in [6, 6.07) is 8.85. The van der Waals surface area contributed by atoms with Crippen LogP contribution in [0.4, 0.5) is 39.9 Å². The predicted octanol–water partition coefficient (Wildman–Crippen LogP) is 6.85. The first-order valence-corrected chi connectivity index (χ1v) is 11.5. The number of hydrogen-bond acceptors (Lipinski definition) is 3. The number of rotatable bonds is 9.